The van der Waals surface area contributed by atoms with Gasteiger partial charge in [-0.2, -0.15) is 0 Å². The molecule has 1 atom stereocenters. The number of aromatic amines is 1. The highest BCUT2D eigenvalue weighted by atomic mass is 16.4. The van der Waals surface area contributed by atoms with Crippen molar-refractivity contribution in [2.45, 2.75) is 25.4 Å². The minimum atomic E-state index is -0.497. The monoisotopic (exact) mass is 337 g/mol. The molecule has 2 N–H and O–H groups in total. The van der Waals surface area contributed by atoms with Gasteiger partial charge in [-0.05, 0) is 43.1 Å². The third-order valence-corrected chi connectivity index (χ3v) is 4.58. The first kappa shape index (κ1) is 15.7. The number of hydrogen-bond acceptors (Lipinski definition) is 4. The maximum atomic E-state index is 12.7. The predicted molar refractivity (Wildman–Crippen MR) is 95.3 cm³/mol. The van der Waals surface area contributed by atoms with Crippen molar-refractivity contribution < 1.29 is 9.21 Å². The first-order chi connectivity index (χ1) is 12.2. The molecule has 1 aromatic heterocycles. The highest BCUT2D eigenvalue weighted by Gasteiger charge is 2.30. The number of anilines is 1. The van der Waals surface area contributed by atoms with E-state index in [4.69, 9.17) is 4.42 Å². The van der Waals surface area contributed by atoms with E-state index in [0.29, 0.717) is 16.8 Å². The molecule has 0 radical (unpaired) electrons. The summed E-state index contributed by atoms with van der Waals surface area (Å²) in [6, 6.07) is 15.2. The first-order valence-electron chi connectivity index (χ1n) is 8.41. The van der Waals surface area contributed by atoms with E-state index in [-0.39, 0.29) is 11.9 Å². The third kappa shape index (κ3) is 3.34. The van der Waals surface area contributed by atoms with Crippen molar-refractivity contribution in [2.24, 2.45) is 0 Å². The minimum absolute atomic E-state index is 0.0152. The van der Waals surface area contributed by atoms with Crippen LogP contribution in [0.3, 0.4) is 0 Å². The summed E-state index contributed by atoms with van der Waals surface area (Å²) in [5, 5.41) is 2.96. The standard InChI is InChI=1S/C19H19N3O3/c23-18(20-14-8-9-17-15(11-14)21-19(24)25-17)16-7-4-10-22(16)12-13-5-2-1-3-6-13/h1-3,5-6,8-9,11,16H,4,7,10,12H2,(H,20,23)(H,21,24)/t16-/m1/s1. The van der Waals surface area contributed by atoms with Crippen molar-refractivity contribution in [3.63, 3.8) is 0 Å². The molecule has 2 aromatic carbocycles. The fourth-order valence-corrected chi connectivity index (χ4v) is 3.39. The molecule has 1 saturated heterocycles. The smallest absolute Gasteiger partial charge is 0.408 e. The third-order valence-electron chi connectivity index (χ3n) is 4.58. The zero-order valence-corrected chi connectivity index (χ0v) is 13.7. The van der Waals surface area contributed by atoms with E-state index in [0.717, 1.165) is 25.9 Å². The molecule has 1 amide bonds. The molecule has 6 heteroatoms. The van der Waals surface area contributed by atoms with Gasteiger partial charge in [0.25, 0.3) is 0 Å². The zero-order valence-electron chi connectivity index (χ0n) is 13.7. The summed E-state index contributed by atoms with van der Waals surface area (Å²) < 4.78 is 4.98. The van der Waals surface area contributed by atoms with Gasteiger partial charge in [0.1, 0.15) is 0 Å². The number of rotatable bonds is 4. The van der Waals surface area contributed by atoms with Crippen molar-refractivity contribution >= 4 is 22.7 Å². The van der Waals surface area contributed by atoms with Crippen LogP contribution in [0.15, 0.2) is 57.7 Å². The zero-order chi connectivity index (χ0) is 17.2. The van der Waals surface area contributed by atoms with Gasteiger partial charge < -0.3 is 9.73 Å². The van der Waals surface area contributed by atoms with Crippen LogP contribution in [-0.4, -0.2) is 28.4 Å². The van der Waals surface area contributed by atoms with Gasteiger partial charge in [0, 0.05) is 12.2 Å². The Balaban J connectivity index is 1.47. The van der Waals surface area contributed by atoms with E-state index in [9.17, 15) is 9.59 Å². The summed E-state index contributed by atoms with van der Waals surface area (Å²) in [4.78, 5) is 28.8. The molecule has 1 fully saturated rings. The van der Waals surface area contributed by atoms with Gasteiger partial charge >= 0.3 is 5.76 Å². The maximum Gasteiger partial charge on any atom is 0.417 e. The normalized spacial score (nSPS) is 17.8. The number of likely N-dealkylation sites (tertiary alicyclic amines) is 1. The average Bonchev–Trinajstić information content (AvgIpc) is 3.21. The number of carbonyl (C=O) groups is 1. The molecule has 0 bridgehead atoms. The molecule has 0 saturated carbocycles. The summed E-state index contributed by atoms with van der Waals surface area (Å²) in [6.45, 7) is 1.69. The minimum Gasteiger partial charge on any atom is -0.408 e. The number of benzene rings is 2. The number of fused-ring (bicyclic) bond motifs is 1. The van der Waals surface area contributed by atoms with Crippen molar-refractivity contribution in [1.82, 2.24) is 9.88 Å². The molecule has 0 aliphatic carbocycles. The van der Waals surface area contributed by atoms with Gasteiger partial charge in [-0.1, -0.05) is 30.3 Å². The molecular weight excluding hydrogens is 318 g/mol. The Morgan fingerprint density at radius 1 is 1.24 bits per heavy atom. The quantitative estimate of drug-likeness (QED) is 0.767. The Labute approximate surface area is 144 Å². The number of aromatic nitrogens is 1. The predicted octanol–water partition coefficient (Wildman–Crippen LogP) is 2.72. The first-order valence-corrected chi connectivity index (χ1v) is 8.41. The van der Waals surface area contributed by atoms with E-state index < -0.39 is 5.76 Å². The van der Waals surface area contributed by atoms with Gasteiger partial charge in [0.15, 0.2) is 5.58 Å². The van der Waals surface area contributed by atoms with Crippen LogP contribution in [0.1, 0.15) is 18.4 Å². The van der Waals surface area contributed by atoms with Crippen LogP contribution in [0.4, 0.5) is 5.69 Å². The second kappa shape index (κ2) is 6.57. The summed E-state index contributed by atoms with van der Waals surface area (Å²) >= 11 is 0. The van der Waals surface area contributed by atoms with Crippen LogP contribution in [0.25, 0.3) is 11.1 Å². The van der Waals surface area contributed by atoms with Crippen molar-refractivity contribution in [2.75, 3.05) is 11.9 Å². The second-order valence-corrected chi connectivity index (χ2v) is 6.33. The number of H-pyrrole nitrogens is 1. The Hall–Kier alpha value is -2.86. The second-order valence-electron chi connectivity index (χ2n) is 6.33. The number of amides is 1. The lowest BCUT2D eigenvalue weighted by molar-refractivity contribution is -0.120. The lowest BCUT2D eigenvalue weighted by Crippen LogP contribution is -2.39. The Kier molecular flexibility index (Phi) is 4.11. The Bertz CT molecular complexity index is 945. The molecule has 25 heavy (non-hydrogen) atoms. The molecule has 4 rings (SSSR count). The lowest BCUT2D eigenvalue weighted by atomic mass is 10.1. The topological polar surface area (TPSA) is 78.3 Å². The summed E-state index contributed by atoms with van der Waals surface area (Å²) in [7, 11) is 0. The van der Waals surface area contributed by atoms with E-state index in [2.05, 4.69) is 27.3 Å². The maximum absolute atomic E-state index is 12.7. The molecule has 3 aromatic rings. The molecule has 6 nitrogen and oxygen atoms in total. The van der Waals surface area contributed by atoms with Crippen molar-refractivity contribution in [1.29, 1.82) is 0 Å². The van der Waals surface area contributed by atoms with Crippen molar-refractivity contribution in [3.05, 3.63) is 64.6 Å². The van der Waals surface area contributed by atoms with Gasteiger partial charge in [-0.15, -0.1) is 0 Å². The molecule has 0 unspecified atom stereocenters. The Morgan fingerprint density at radius 3 is 2.92 bits per heavy atom. The molecular formula is C19H19N3O3. The van der Waals surface area contributed by atoms with E-state index in [1.807, 2.05) is 18.2 Å². The van der Waals surface area contributed by atoms with Gasteiger partial charge in [0.2, 0.25) is 5.91 Å². The number of oxazole rings is 1. The number of hydrogen-bond donors (Lipinski definition) is 2. The molecule has 1 aliphatic heterocycles. The number of nitrogens with zero attached hydrogens (tertiary/aromatic N) is 1. The highest BCUT2D eigenvalue weighted by Crippen LogP contribution is 2.22. The fraction of sp³-hybridized carbons (Fsp3) is 0.263. The summed E-state index contributed by atoms with van der Waals surface area (Å²) in [6.07, 6.45) is 1.86. The largest absolute Gasteiger partial charge is 0.417 e. The van der Waals surface area contributed by atoms with Gasteiger partial charge in [-0.3, -0.25) is 14.7 Å². The van der Waals surface area contributed by atoms with Crippen LogP contribution < -0.4 is 11.1 Å². The van der Waals surface area contributed by atoms with Gasteiger partial charge in [-0.25, -0.2) is 4.79 Å². The van der Waals surface area contributed by atoms with Crippen LogP contribution in [0.5, 0.6) is 0 Å². The van der Waals surface area contributed by atoms with E-state index in [1.54, 1.807) is 18.2 Å². The summed E-state index contributed by atoms with van der Waals surface area (Å²) in [5.41, 5.74) is 2.92. The van der Waals surface area contributed by atoms with Crippen LogP contribution in [0.2, 0.25) is 0 Å². The number of carbonyl (C=O) groups excluding carboxylic acids is 1. The molecule has 0 spiro atoms. The van der Waals surface area contributed by atoms with Crippen LogP contribution >= 0.6 is 0 Å². The van der Waals surface area contributed by atoms with Crippen LogP contribution in [-0.2, 0) is 11.3 Å². The van der Waals surface area contributed by atoms with Crippen LogP contribution in [0, 0.1) is 0 Å². The highest BCUT2D eigenvalue weighted by molar-refractivity contribution is 5.96. The lowest BCUT2D eigenvalue weighted by Gasteiger charge is -2.23. The fourth-order valence-electron chi connectivity index (χ4n) is 3.39. The molecule has 1 aliphatic rings. The van der Waals surface area contributed by atoms with E-state index >= 15 is 0 Å². The molecule has 2 heterocycles. The molecule has 128 valence electrons. The van der Waals surface area contributed by atoms with Gasteiger partial charge in [0.05, 0.1) is 11.6 Å². The average molecular weight is 337 g/mol. The van der Waals surface area contributed by atoms with E-state index in [1.165, 1.54) is 5.56 Å². The number of nitrogens with one attached hydrogen (secondary N) is 2. The SMILES string of the molecule is O=C(Nc1ccc2oc(=O)[nH]c2c1)[C@H]1CCCN1Cc1ccccc1. The summed E-state index contributed by atoms with van der Waals surface area (Å²) in [5.74, 6) is -0.512. The Morgan fingerprint density at radius 2 is 2.08 bits per heavy atom. The van der Waals surface area contributed by atoms with Crippen molar-refractivity contribution in [3.8, 4) is 0 Å².